The number of fused-ring (bicyclic) bond motifs is 2. The van der Waals surface area contributed by atoms with Gasteiger partial charge in [-0.3, -0.25) is 0 Å². The molecule has 2 bridgehead atoms. The van der Waals surface area contributed by atoms with Crippen molar-refractivity contribution < 1.29 is 14.2 Å². The molecule has 2 heterocycles. The maximum absolute atomic E-state index is 13.6. The average Bonchev–Trinajstić information content (AvgIpc) is 3.24. The van der Waals surface area contributed by atoms with Crippen molar-refractivity contribution in [2.45, 2.75) is 55.7 Å². The van der Waals surface area contributed by atoms with Gasteiger partial charge in [-0.25, -0.2) is 4.39 Å². The van der Waals surface area contributed by atoms with Gasteiger partial charge >= 0.3 is 0 Å². The van der Waals surface area contributed by atoms with Crippen LogP contribution in [0, 0.1) is 5.82 Å². The number of ether oxygens (including phenoxy) is 1. The number of aliphatic hydroxyl groups is 1. The predicted octanol–water partition coefficient (Wildman–Crippen LogP) is 4.16. The third kappa shape index (κ3) is 3.12. The fourth-order valence-corrected chi connectivity index (χ4v) is 4.78. The molecule has 4 heteroatoms. The highest BCUT2D eigenvalue weighted by atomic mass is 19.1. The van der Waals surface area contributed by atoms with Crippen molar-refractivity contribution in [1.29, 1.82) is 0 Å². The zero-order valence-corrected chi connectivity index (χ0v) is 15.2. The van der Waals surface area contributed by atoms with Crippen LogP contribution >= 0.6 is 0 Å². The van der Waals surface area contributed by atoms with E-state index in [1.165, 1.54) is 17.7 Å². The summed E-state index contributed by atoms with van der Waals surface area (Å²) in [6.45, 7) is 0. The Bertz CT molecular complexity index is 766. The highest BCUT2D eigenvalue weighted by molar-refractivity contribution is 5.29. The molecule has 1 unspecified atom stereocenters. The number of methoxy groups -OCH3 is 1. The van der Waals surface area contributed by atoms with Gasteiger partial charge in [0.15, 0.2) is 0 Å². The van der Waals surface area contributed by atoms with Crippen molar-refractivity contribution >= 4 is 0 Å². The zero-order chi connectivity index (χ0) is 18.2. The van der Waals surface area contributed by atoms with Crippen LogP contribution in [0.15, 0.2) is 48.5 Å². The second-order valence-corrected chi connectivity index (χ2v) is 7.87. The molecule has 1 atom stereocenters. The fraction of sp³-hybridized carbons (Fsp3) is 0.455. The Hall–Kier alpha value is -1.91. The molecule has 2 saturated heterocycles. The fourth-order valence-electron chi connectivity index (χ4n) is 4.78. The molecule has 2 aromatic carbocycles. The molecule has 0 radical (unpaired) electrons. The van der Waals surface area contributed by atoms with E-state index in [9.17, 15) is 9.50 Å². The van der Waals surface area contributed by atoms with Crippen molar-refractivity contribution in [3.63, 3.8) is 0 Å². The quantitative estimate of drug-likeness (QED) is 0.818. The van der Waals surface area contributed by atoms with Crippen molar-refractivity contribution in [3.05, 3.63) is 65.5 Å². The first kappa shape index (κ1) is 17.5. The van der Waals surface area contributed by atoms with Crippen LogP contribution in [0.5, 0.6) is 5.75 Å². The van der Waals surface area contributed by atoms with Crippen molar-refractivity contribution in [1.82, 2.24) is 5.32 Å². The lowest BCUT2D eigenvalue weighted by Gasteiger charge is -2.32. The first-order valence-corrected chi connectivity index (χ1v) is 9.40. The first-order chi connectivity index (χ1) is 12.5. The Balaban J connectivity index is 1.44. The molecular weight excluding hydrogens is 329 g/mol. The number of aliphatic hydroxyl groups excluding tert-OH is 1. The molecule has 138 valence electrons. The molecule has 0 spiro atoms. The summed E-state index contributed by atoms with van der Waals surface area (Å²) in [5, 5.41) is 14.7. The Kier molecular flexibility index (Phi) is 4.49. The predicted molar refractivity (Wildman–Crippen MR) is 99.7 cm³/mol. The van der Waals surface area contributed by atoms with Gasteiger partial charge in [0.2, 0.25) is 0 Å². The van der Waals surface area contributed by atoms with E-state index in [0.29, 0.717) is 5.56 Å². The largest absolute Gasteiger partial charge is 0.497 e. The smallest absolute Gasteiger partial charge is 0.123 e. The number of rotatable bonds is 6. The number of halogens is 1. The summed E-state index contributed by atoms with van der Waals surface area (Å²) in [4.78, 5) is 0. The second kappa shape index (κ2) is 6.67. The Morgan fingerprint density at radius 2 is 1.85 bits per heavy atom. The summed E-state index contributed by atoms with van der Waals surface area (Å²) in [6, 6.07) is 14.6. The van der Waals surface area contributed by atoms with Crippen molar-refractivity contribution in [2.24, 2.45) is 0 Å². The van der Waals surface area contributed by atoms with Crippen LogP contribution in [0.25, 0.3) is 0 Å². The maximum atomic E-state index is 13.6. The van der Waals surface area contributed by atoms with Crippen LogP contribution < -0.4 is 10.1 Å². The minimum atomic E-state index is -0.663. The minimum absolute atomic E-state index is 0.0915. The Morgan fingerprint density at radius 3 is 2.50 bits per heavy atom. The Labute approximate surface area is 154 Å². The van der Waals surface area contributed by atoms with Gasteiger partial charge in [-0.1, -0.05) is 24.3 Å². The molecule has 0 amide bonds. The van der Waals surface area contributed by atoms with E-state index in [-0.39, 0.29) is 16.9 Å². The first-order valence-electron chi connectivity index (χ1n) is 9.40. The van der Waals surface area contributed by atoms with Crippen LogP contribution in [0.3, 0.4) is 0 Å². The van der Waals surface area contributed by atoms with Gasteiger partial charge in [-0.2, -0.15) is 0 Å². The maximum Gasteiger partial charge on any atom is 0.123 e. The average molecular weight is 355 g/mol. The number of aryl methyl sites for hydroxylation is 1. The molecule has 0 aromatic heterocycles. The number of benzene rings is 2. The van der Waals surface area contributed by atoms with Crippen LogP contribution in [0.1, 0.15) is 49.3 Å². The van der Waals surface area contributed by atoms with E-state index in [1.54, 1.807) is 13.2 Å². The molecular formula is C22H26FNO2. The lowest BCUT2D eigenvalue weighted by atomic mass is 9.76. The van der Waals surface area contributed by atoms with Gasteiger partial charge in [-0.15, -0.1) is 0 Å². The van der Waals surface area contributed by atoms with Gasteiger partial charge in [0, 0.05) is 11.1 Å². The molecule has 0 saturated carbocycles. The van der Waals surface area contributed by atoms with E-state index in [4.69, 9.17) is 4.74 Å². The number of hydrogen-bond acceptors (Lipinski definition) is 3. The minimum Gasteiger partial charge on any atom is -0.497 e. The summed E-state index contributed by atoms with van der Waals surface area (Å²) < 4.78 is 18.8. The summed E-state index contributed by atoms with van der Waals surface area (Å²) >= 11 is 0. The molecule has 2 N–H and O–H groups in total. The Morgan fingerprint density at radius 1 is 1.12 bits per heavy atom. The summed E-state index contributed by atoms with van der Waals surface area (Å²) in [5.41, 5.74) is 1.75. The van der Waals surface area contributed by atoms with Gasteiger partial charge in [0.05, 0.1) is 13.2 Å². The van der Waals surface area contributed by atoms with Crippen molar-refractivity contribution in [2.75, 3.05) is 7.11 Å². The monoisotopic (exact) mass is 355 g/mol. The van der Waals surface area contributed by atoms with E-state index >= 15 is 0 Å². The van der Waals surface area contributed by atoms with Gasteiger partial charge in [0.1, 0.15) is 11.6 Å². The molecule has 2 fully saturated rings. The molecule has 4 rings (SSSR count). The third-order valence-electron chi connectivity index (χ3n) is 6.35. The van der Waals surface area contributed by atoms with Gasteiger partial charge in [-0.05, 0) is 73.9 Å². The van der Waals surface area contributed by atoms with E-state index in [1.807, 2.05) is 18.2 Å². The molecule has 3 nitrogen and oxygen atoms in total. The van der Waals surface area contributed by atoms with E-state index in [2.05, 4.69) is 17.4 Å². The molecule has 2 aliphatic heterocycles. The molecule has 26 heavy (non-hydrogen) atoms. The highest BCUT2D eigenvalue weighted by Gasteiger charge is 2.56. The van der Waals surface area contributed by atoms with Crippen LogP contribution in [-0.4, -0.2) is 23.3 Å². The molecule has 2 aromatic rings. The van der Waals surface area contributed by atoms with E-state index in [0.717, 1.165) is 44.3 Å². The normalized spacial score (nSPS) is 28.3. The topological polar surface area (TPSA) is 41.5 Å². The van der Waals surface area contributed by atoms with Crippen molar-refractivity contribution in [3.8, 4) is 5.75 Å². The number of hydrogen-bond donors (Lipinski definition) is 2. The molecule has 0 aliphatic carbocycles. The van der Waals surface area contributed by atoms with Gasteiger partial charge < -0.3 is 15.2 Å². The summed E-state index contributed by atoms with van der Waals surface area (Å²) in [7, 11) is 1.68. The molecule has 2 aliphatic rings. The van der Waals surface area contributed by atoms with Crippen LogP contribution in [0.4, 0.5) is 4.39 Å². The summed E-state index contributed by atoms with van der Waals surface area (Å²) in [5.74, 6) is 0.587. The van der Waals surface area contributed by atoms with Crippen LogP contribution in [-0.2, 0) is 6.42 Å². The standard InChI is InChI=1S/C22H26FNO2/c1-26-19-7-5-16(6-8-19)9-10-21-11-13-22(24-21,14-12-21)20(25)17-3-2-4-18(23)15-17/h2-8,15,20,24-25H,9-14H2,1H3. The second-order valence-electron chi connectivity index (χ2n) is 7.87. The van der Waals surface area contributed by atoms with E-state index < -0.39 is 6.10 Å². The highest BCUT2D eigenvalue weighted by Crippen LogP contribution is 2.52. The van der Waals surface area contributed by atoms with Gasteiger partial charge in [0.25, 0.3) is 0 Å². The summed E-state index contributed by atoms with van der Waals surface area (Å²) in [6.07, 6.45) is 5.40. The zero-order valence-electron chi connectivity index (χ0n) is 15.2. The lowest BCUT2D eigenvalue weighted by molar-refractivity contribution is 0.0733. The van der Waals surface area contributed by atoms with Crippen LogP contribution in [0.2, 0.25) is 0 Å². The number of nitrogens with one attached hydrogen (secondary N) is 1. The third-order valence-corrected chi connectivity index (χ3v) is 6.35. The SMILES string of the molecule is COc1ccc(CCC23CCC(C(O)c4cccc(F)c4)(CC2)N3)cc1. The lowest BCUT2D eigenvalue weighted by Crippen LogP contribution is -2.46.